The van der Waals surface area contributed by atoms with Gasteiger partial charge in [-0.05, 0) is 177 Å². The number of hydrogen-bond donors (Lipinski definition) is 8. The number of benzene rings is 4. The van der Waals surface area contributed by atoms with Gasteiger partial charge in [-0.2, -0.15) is 0 Å². The average Bonchev–Trinajstić information content (AvgIpc) is 3.28. The van der Waals surface area contributed by atoms with Gasteiger partial charge >= 0.3 is 0 Å². The first-order valence-corrected chi connectivity index (χ1v) is 28.2. The number of aromatic nitrogens is 8. The molecule has 0 bridgehead atoms. The number of rotatable bonds is 12. The molecule has 0 atom stereocenters. The maximum absolute atomic E-state index is 12.1. The maximum Gasteiger partial charge on any atom is 0.264 e. The summed E-state index contributed by atoms with van der Waals surface area (Å²) in [5, 5.41) is 0. The lowest BCUT2D eigenvalue weighted by Crippen LogP contribution is -2.15. The minimum absolute atomic E-state index is 0.0642. The summed E-state index contributed by atoms with van der Waals surface area (Å²) in [4.78, 5) is 32.8. The lowest BCUT2D eigenvalue weighted by Gasteiger charge is -2.08. The van der Waals surface area contributed by atoms with Gasteiger partial charge in [-0.3, -0.25) is 0 Å². The van der Waals surface area contributed by atoms with Crippen molar-refractivity contribution >= 4 is 86.6 Å². The van der Waals surface area contributed by atoms with Crippen molar-refractivity contribution in [3.05, 3.63) is 167 Å². The lowest BCUT2D eigenvalue weighted by atomic mass is 10.3. The molecule has 0 saturated heterocycles. The first kappa shape index (κ1) is 58.3. The van der Waals surface area contributed by atoms with E-state index in [1.165, 1.54) is 97.1 Å². The summed E-state index contributed by atoms with van der Waals surface area (Å²) in [5.74, 6) is 0.257. The van der Waals surface area contributed by atoms with Crippen LogP contribution in [0.5, 0.6) is 0 Å². The zero-order chi connectivity index (χ0) is 56.2. The van der Waals surface area contributed by atoms with E-state index in [-0.39, 0.29) is 43.4 Å². The highest BCUT2D eigenvalue weighted by molar-refractivity contribution is 7.93. The topological polar surface area (TPSA) is 392 Å². The number of hydrogen-bond acceptors (Lipinski definition) is 20. The third-order valence-corrected chi connectivity index (χ3v) is 15.0. The monoisotopic (exact) mass is 1110 g/mol. The Morgan fingerprint density at radius 3 is 0.526 bits per heavy atom. The quantitative estimate of drug-likeness (QED) is 0.0659. The number of nitrogens with one attached hydrogen (secondary N) is 4. The van der Waals surface area contributed by atoms with Crippen molar-refractivity contribution in [3.63, 3.8) is 0 Å². The van der Waals surface area contributed by atoms with Crippen molar-refractivity contribution < 1.29 is 33.7 Å². The second-order valence-corrected chi connectivity index (χ2v) is 23.3. The number of aryl methyl sites for hydroxylation is 8. The second-order valence-electron chi connectivity index (χ2n) is 16.6. The van der Waals surface area contributed by atoms with E-state index in [1.54, 1.807) is 79.7 Å². The van der Waals surface area contributed by atoms with E-state index in [9.17, 15) is 33.7 Å². The fourth-order valence-electron chi connectivity index (χ4n) is 6.39. The van der Waals surface area contributed by atoms with Gasteiger partial charge in [0.25, 0.3) is 40.1 Å². The van der Waals surface area contributed by atoms with E-state index in [0.29, 0.717) is 68.3 Å². The molecule has 76 heavy (non-hydrogen) atoms. The van der Waals surface area contributed by atoms with Crippen LogP contribution in [0.25, 0.3) is 0 Å². The molecule has 8 rings (SSSR count). The molecule has 0 aliphatic carbocycles. The van der Waals surface area contributed by atoms with Gasteiger partial charge in [0.05, 0.1) is 19.6 Å². The fourth-order valence-corrected chi connectivity index (χ4v) is 10.2. The summed E-state index contributed by atoms with van der Waals surface area (Å²) in [6.45, 7) is 14.2. The molecular weight excluding hydrogens is 1060 g/mol. The van der Waals surface area contributed by atoms with Crippen LogP contribution in [0, 0.1) is 55.4 Å². The Morgan fingerprint density at radius 2 is 0.395 bits per heavy atom. The van der Waals surface area contributed by atoms with Crippen LogP contribution in [0.4, 0.5) is 46.5 Å². The predicted molar refractivity (Wildman–Crippen MR) is 293 cm³/mol. The minimum Gasteiger partial charge on any atom is -0.399 e. The second kappa shape index (κ2) is 24.6. The smallest absolute Gasteiger partial charge is 0.264 e. The van der Waals surface area contributed by atoms with E-state index in [1.807, 2.05) is 0 Å². The molecule has 0 aliphatic rings. The van der Waals surface area contributed by atoms with Crippen LogP contribution < -0.4 is 41.8 Å². The first-order chi connectivity index (χ1) is 35.5. The highest BCUT2D eigenvalue weighted by Crippen LogP contribution is 2.20. The highest BCUT2D eigenvalue weighted by atomic mass is 32.2. The van der Waals surface area contributed by atoms with E-state index < -0.39 is 40.1 Å². The molecule has 4 aromatic carbocycles. The van der Waals surface area contributed by atoms with E-state index in [2.05, 4.69) is 58.8 Å². The molecule has 28 heteroatoms. The normalized spacial score (nSPS) is 11.3. The number of nitrogens with zero attached hydrogens (tertiary/aromatic N) is 8. The molecule has 400 valence electrons. The molecule has 4 aromatic heterocycles. The van der Waals surface area contributed by atoms with Gasteiger partial charge in [0.1, 0.15) is 0 Å². The zero-order valence-corrected chi connectivity index (χ0v) is 45.6. The summed E-state index contributed by atoms with van der Waals surface area (Å²) in [6, 6.07) is 30.7. The molecule has 0 aliphatic heterocycles. The molecule has 24 nitrogen and oxygen atoms in total. The largest absolute Gasteiger partial charge is 0.399 e. The third kappa shape index (κ3) is 17.8. The number of anilines is 8. The summed E-state index contributed by atoms with van der Waals surface area (Å²) >= 11 is 0. The molecular formula is C48H56N16O8S4. The molecule has 12 N–H and O–H groups in total. The van der Waals surface area contributed by atoms with Crippen LogP contribution in [0.1, 0.15) is 45.6 Å². The van der Waals surface area contributed by atoms with Crippen molar-refractivity contribution in [1.29, 1.82) is 0 Å². The molecule has 8 aromatic rings. The van der Waals surface area contributed by atoms with Crippen LogP contribution in [-0.2, 0) is 40.1 Å². The fraction of sp³-hybridized carbons (Fsp3) is 0.167. The molecule has 0 saturated carbocycles. The first-order valence-electron chi connectivity index (χ1n) is 22.3. The molecule has 0 unspecified atom stereocenters. The zero-order valence-electron chi connectivity index (χ0n) is 42.3. The minimum atomic E-state index is -3.69. The number of sulfonamides is 4. The van der Waals surface area contributed by atoms with Gasteiger partial charge in [0, 0.05) is 68.3 Å². The van der Waals surface area contributed by atoms with Crippen molar-refractivity contribution in [3.8, 4) is 0 Å². The Kier molecular flexibility index (Phi) is 18.9. The van der Waals surface area contributed by atoms with Crippen molar-refractivity contribution in [2.24, 2.45) is 0 Å². The van der Waals surface area contributed by atoms with Crippen molar-refractivity contribution in [2.45, 2.75) is 75.0 Å². The van der Waals surface area contributed by atoms with E-state index >= 15 is 0 Å². The van der Waals surface area contributed by atoms with Gasteiger partial charge < -0.3 is 22.9 Å². The van der Waals surface area contributed by atoms with Crippen molar-refractivity contribution in [1.82, 2.24) is 39.9 Å². The molecule has 0 amide bonds. The Hall–Kier alpha value is -8.60. The Morgan fingerprint density at radius 1 is 0.263 bits per heavy atom. The molecule has 0 radical (unpaired) electrons. The molecule has 0 fully saturated rings. The highest BCUT2D eigenvalue weighted by Gasteiger charge is 2.19. The van der Waals surface area contributed by atoms with Crippen LogP contribution in [0.2, 0.25) is 0 Å². The molecule has 0 spiro atoms. The van der Waals surface area contributed by atoms with Gasteiger partial charge in [-0.15, -0.1) is 0 Å². The van der Waals surface area contributed by atoms with Crippen LogP contribution >= 0.6 is 0 Å². The molecule has 4 heterocycles. The van der Waals surface area contributed by atoms with E-state index in [0.717, 1.165) is 0 Å². The Balaban J connectivity index is 0.000000187. The van der Waals surface area contributed by atoms with E-state index in [4.69, 9.17) is 22.9 Å². The SMILES string of the molecule is Cc1cc(C)nc(NS(=O)(=O)c2ccc(N)cc2)n1.Cc1cc(C)nc(NS(=O)(=O)c2ccc(N)cc2)n1.Cc1cc(C)nc(NS(=O)(=O)c2ccc(N)cc2)n1.Cc1cc(C)nc(NS(=O)(=O)c2ccc(N)cc2)n1. The lowest BCUT2D eigenvalue weighted by molar-refractivity contribution is 0.599. The predicted octanol–water partition coefficient (Wildman–Crippen LogP) is 5.91. The third-order valence-electron chi connectivity index (χ3n) is 9.59. The van der Waals surface area contributed by atoms with Crippen molar-refractivity contribution in [2.75, 3.05) is 41.8 Å². The average molecular weight is 1110 g/mol. The van der Waals surface area contributed by atoms with Gasteiger partial charge in [-0.25, -0.2) is 92.4 Å². The summed E-state index contributed by atoms with van der Waals surface area (Å²) in [6.07, 6.45) is 0. The standard InChI is InChI=1S/4C12H14N4O2S/c4*1-8-7-9(2)15-12(14-8)16-19(17,18)11-5-3-10(13)4-6-11/h4*3-7H,13H2,1-2H3,(H,14,15,16). The summed E-state index contributed by atoms with van der Waals surface area (Å²) in [5.41, 5.74) is 29.7. The van der Waals surface area contributed by atoms with Gasteiger partial charge in [-0.1, -0.05) is 0 Å². The van der Waals surface area contributed by atoms with Crippen LogP contribution in [-0.4, -0.2) is 73.5 Å². The maximum atomic E-state index is 12.1. The number of nitrogens with two attached hydrogens (primary N) is 4. The number of nitrogen functional groups attached to an aromatic ring is 4. The summed E-state index contributed by atoms with van der Waals surface area (Å²) in [7, 11) is -14.8. The van der Waals surface area contributed by atoms with Gasteiger partial charge in [0.2, 0.25) is 23.8 Å². The van der Waals surface area contributed by atoms with Gasteiger partial charge in [0.15, 0.2) is 0 Å². The Labute approximate surface area is 441 Å². The Bertz CT molecular complexity index is 3200. The summed E-state index contributed by atoms with van der Waals surface area (Å²) < 4.78 is 106. The van der Waals surface area contributed by atoms with Crippen LogP contribution in [0.3, 0.4) is 0 Å². The van der Waals surface area contributed by atoms with Crippen LogP contribution in [0.15, 0.2) is 141 Å².